The molecule has 0 saturated heterocycles. The van der Waals surface area contributed by atoms with E-state index in [9.17, 15) is 4.79 Å². The van der Waals surface area contributed by atoms with Crippen molar-refractivity contribution in [1.82, 2.24) is 5.32 Å². The zero-order valence-corrected chi connectivity index (χ0v) is 12.9. The van der Waals surface area contributed by atoms with Gasteiger partial charge in [-0.1, -0.05) is 64.7 Å². The normalized spacial score (nSPS) is 10.8. The first-order valence-corrected chi connectivity index (χ1v) is 8.26. The number of unbranched alkanes of at least 4 members (excludes halogenated alkanes) is 9. The van der Waals surface area contributed by atoms with Crippen LogP contribution in [0.1, 0.15) is 84.0 Å². The smallest absolute Gasteiger partial charge is 0.217 e. The van der Waals surface area contributed by atoms with Crippen LogP contribution in [0.15, 0.2) is 0 Å². The van der Waals surface area contributed by atoms with Gasteiger partial charge in [-0.05, 0) is 25.9 Å². The van der Waals surface area contributed by atoms with Crippen LogP contribution in [0.5, 0.6) is 0 Å². The van der Waals surface area contributed by atoms with E-state index in [2.05, 4.69) is 12.2 Å². The highest BCUT2D eigenvalue weighted by atomic mass is 16.1. The van der Waals surface area contributed by atoms with Gasteiger partial charge in [0.1, 0.15) is 0 Å². The molecule has 0 saturated carbocycles. The van der Waals surface area contributed by atoms with Crippen LogP contribution in [0.3, 0.4) is 0 Å². The molecule has 19 heavy (non-hydrogen) atoms. The van der Waals surface area contributed by atoms with E-state index in [0.29, 0.717) is 6.42 Å². The number of primary amides is 1. The van der Waals surface area contributed by atoms with Crippen molar-refractivity contribution in [3.05, 3.63) is 0 Å². The molecule has 0 aromatic carbocycles. The molecule has 0 spiro atoms. The van der Waals surface area contributed by atoms with Crippen molar-refractivity contribution in [1.29, 1.82) is 0 Å². The Labute approximate surface area is 119 Å². The summed E-state index contributed by atoms with van der Waals surface area (Å²) in [5, 5.41) is 3.36. The quantitative estimate of drug-likeness (QED) is 0.445. The van der Waals surface area contributed by atoms with Gasteiger partial charge >= 0.3 is 0 Å². The minimum Gasteiger partial charge on any atom is -0.370 e. The highest BCUT2D eigenvalue weighted by Crippen LogP contribution is 2.10. The Morgan fingerprint density at radius 2 is 1.26 bits per heavy atom. The van der Waals surface area contributed by atoms with Gasteiger partial charge in [0.25, 0.3) is 0 Å². The SMILES string of the molecule is CCCCCCCCCCCCNCCCC(N)=O. The van der Waals surface area contributed by atoms with Crippen LogP contribution in [0.4, 0.5) is 0 Å². The molecule has 0 radical (unpaired) electrons. The highest BCUT2D eigenvalue weighted by molar-refractivity contribution is 5.73. The second-order valence-corrected chi connectivity index (χ2v) is 5.50. The van der Waals surface area contributed by atoms with Gasteiger partial charge in [-0.3, -0.25) is 4.79 Å². The van der Waals surface area contributed by atoms with Crippen molar-refractivity contribution in [3.63, 3.8) is 0 Å². The van der Waals surface area contributed by atoms with Crippen LogP contribution in [0.2, 0.25) is 0 Å². The first-order chi connectivity index (χ1) is 9.27. The highest BCUT2D eigenvalue weighted by Gasteiger charge is 1.94. The van der Waals surface area contributed by atoms with Crippen LogP contribution in [-0.4, -0.2) is 19.0 Å². The van der Waals surface area contributed by atoms with Crippen LogP contribution in [0, 0.1) is 0 Å². The molecule has 0 aliphatic heterocycles. The van der Waals surface area contributed by atoms with Gasteiger partial charge in [0.05, 0.1) is 0 Å². The van der Waals surface area contributed by atoms with E-state index in [1.54, 1.807) is 0 Å². The number of nitrogens with two attached hydrogens (primary N) is 1. The summed E-state index contributed by atoms with van der Waals surface area (Å²) in [7, 11) is 0. The van der Waals surface area contributed by atoms with Gasteiger partial charge in [0, 0.05) is 6.42 Å². The molecule has 0 aliphatic rings. The molecule has 0 heterocycles. The number of amides is 1. The van der Waals surface area contributed by atoms with Crippen molar-refractivity contribution >= 4 is 5.91 Å². The second kappa shape index (κ2) is 15.5. The minimum atomic E-state index is -0.194. The fraction of sp³-hybridized carbons (Fsp3) is 0.938. The number of hydrogen-bond donors (Lipinski definition) is 2. The minimum absolute atomic E-state index is 0.194. The lowest BCUT2D eigenvalue weighted by Gasteiger charge is -2.04. The van der Waals surface area contributed by atoms with E-state index in [-0.39, 0.29) is 5.91 Å². The van der Waals surface area contributed by atoms with Crippen molar-refractivity contribution in [2.45, 2.75) is 84.0 Å². The summed E-state index contributed by atoms with van der Waals surface area (Å²) in [6.07, 6.45) is 15.2. The van der Waals surface area contributed by atoms with Crippen LogP contribution in [0.25, 0.3) is 0 Å². The summed E-state index contributed by atoms with van der Waals surface area (Å²) >= 11 is 0. The Morgan fingerprint density at radius 3 is 1.79 bits per heavy atom. The summed E-state index contributed by atoms with van der Waals surface area (Å²) in [6.45, 7) is 4.26. The van der Waals surface area contributed by atoms with Crippen LogP contribution in [-0.2, 0) is 4.79 Å². The Kier molecular flexibility index (Phi) is 15.0. The predicted octanol–water partition coefficient (Wildman–Crippen LogP) is 3.76. The summed E-state index contributed by atoms with van der Waals surface area (Å²) < 4.78 is 0. The van der Waals surface area contributed by atoms with Crippen LogP contribution < -0.4 is 11.1 Å². The van der Waals surface area contributed by atoms with Gasteiger partial charge < -0.3 is 11.1 Å². The fourth-order valence-electron chi connectivity index (χ4n) is 2.25. The molecule has 0 aliphatic carbocycles. The molecule has 0 fully saturated rings. The van der Waals surface area contributed by atoms with Gasteiger partial charge in [0.15, 0.2) is 0 Å². The van der Waals surface area contributed by atoms with Crippen LogP contribution >= 0.6 is 0 Å². The molecule has 3 heteroatoms. The van der Waals surface area contributed by atoms with Gasteiger partial charge in [-0.25, -0.2) is 0 Å². The lowest BCUT2D eigenvalue weighted by molar-refractivity contribution is -0.118. The van der Waals surface area contributed by atoms with E-state index in [1.807, 2.05) is 0 Å². The number of nitrogens with one attached hydrogen (secondary N) is 1. The van der Waals surface area contributed by atoms with Gasteiger partial charge in [0.2, 0.25) is 5.91 Å². The molecule has 1 amide bonds. The Balaban J connectivity index is 2.93. The molecule has 0 unspecified atom stereocenters. The summed E-state index contributed by atoms with van der Waals surface area (Å²) in [4.78, 5) is 10.5. The van der Waals surface area contributed by atoms with E-state index < -0.39 is 0 Å². The van der Waals surface area contributed by atoms with Gasteiger partial charge in [-0.15, -0.1) is 0 Å². The molecular formula is C16H34N2O. The monoisotopic (exact) mass is 270 g/mol. The molecule has 0 bridgehead atoms. The lowest BCUT2D eigenvalue weighted by Crippen LogP contribution is -2.19. The van der Waals surface area contributed by atoms with E-state index in [4.69, 9.17) is 5.73 Å². The molecule has 0 aromatic heterocycles. The maximum atomic E-state index is 10.5. The third-order valence-electron chi connectivity index (χ3n) is 3.48. The van der Waals surface area contributed by atoms with Crippen molar-refractivity contribution in [2.75, 3.05) is 13.1 Å². The molecule has 114 valence electrons. The number of carbonyl (C=O) groups is 1. The molecule has 0 rings (SSSR count). The topological polar surface area (TPSA) is 55.1 Å². The third-order valence-corrected chi connectivity index (χ3v) is 3.48. The summed E-state index contributed by atoms with van der Waals surface area (Å²) in [5.74, 6) is -0.194. The molecular weight excluding hydrogens is 236 g/mol. The van der Waals surface area contributed by atoms with Gasteiger partial charge in [-0.2, -0.15) is 0 Å². The predicted molar refractivity (Wildman–Crippen MR) is 83.1 cm³/mol. The zero-order chi connectivity index (χ0) is 14.2. The maximum absolute atomic E-state index is 10.5. The molecule has 0 aromatic rings. The number of hydrogen-bond acceptors (Lipinski definition) is 2. The Morgan fingerprint density at radius 1 is 0.789 bits per heavy atom. The average Bonchev–Trinajstić information content (AvgIpc) is 2.39. The summed E-state index contributed by atoms with van der Waals surface area (Å²) in [6, 6.07) is 0. The average molecular weight is 270 g/mol. The standard InChI is InChI=1S/C16H34N2O/c1-2-3-4-5-6-7-8-9-10-11-14-18-15-12-13-16(17)19/h18H,2-15H2,1H3,(H2,17,19). The fourth-order valence-corrected chi connectivity index (χ4v) is 2.25. The first-order valence-electron chi connectivity index (χ1n) is 8.26. The van der Waals surface area contributed by atoms with Crippen molar-refractivity contribution < 1.29 is 4.79 Å². The van der Waals surface area contributed by atoms with Crippen molar-refractivity contribution in [3.8, 4) is 0 Å². The molecule has 3 N–H and O–H groups in total. The third kappa shape index (κ3) is 17.4. The summed E-state index contributed by atoms with van der Waals surface area (Å²) in [5.41, 5.74) is 5.07. The van der Waals surface area contributed by atoms with Crippen molar-refractivity contribution in [2.24, 2.45) is 5.73 Å². The molecule has 0 atom stereocenters. The number of carbonyl (C=O) groups excluding carboxylic acids is 1. The lowest BCUT2D eigenvalue weighted by atomic mass is 10.1. The number of rotatable bonds is 15. The maximum Gasteiger partial charge on any atom is 0.217 e. The zero-order valence-electron chi connectivity index (χ0n) is 12.9. The largest absolute Gasteiger partial charge is 0.370 e. The first kappa shape index (κ1) is 18.4. The van der Waals surface area contributed by atoms with E-state index >= 15 is 0 Å². The molecule has 3 nitrogen and oxygen atoms in total. The second-order valence-electron chi connectivity index (χ2n) is 5.50. The van der Waals surface area contributed by atoms with E-state index in [1.165, 1.54) is 64.2 Å². The van der Waals surface area contributed by atoms with E-state index in [0.717, 1.165) is 19.5 Å². The Hall–Kier alpha value is -0.570. The Bertz CT molecular complexity index is 195.